The molecule has 3 heteroatoms. The molecule has 0 aliphatic rings. The Morgan fingerprint density at radius 1 is 1.00 bits per heavy atom. The van der Waals surface area contributed by atoms with E-state index in [-0.39, 0.29) is 10.4 Å². The average molecular weight is 305 g/mol. The van der Waals surface area contributed by atoms with Gasteiger partial charge in [0.25, 0.3) is 0 Å². The van der Waals surface area contributed by atoms with Crippen molar-refractivity contribution in [1.29, 1.82) is 0 Å². The molecule has 0 radical (unpaired) electrons. The van der Waals surface area contributed by atoms with E-state index < -0.39 is 13.9 Å². The van der Waals surface area contributed by atoms with Crippen LogP contribution in [0.5, 0.6) is 0 Å². The number of rotatable bonds is 5. The van der Waals surface area contributed by atoms with Crippen LogP contribution >= 0.6 is 0 Å². The second kappa shape index (κ2) is 6.07. The fraction of sp³-hybridized carbons (Fsp3) is 1.00. The van der Waals surface area contributed by atoms with E-state index in [0.29, 0.717) is 5.41 Å². The van der Waals surface area contributed by atoms with Crippen LogP contribution < -0.4 is 0 Å². The van der Waals surface area contributed by atoms with E-state index in [2.05, 4.69) is 55.4 Å². The molecule has 0 aromatic heterocycles. The Hall–Kier alpha value is 0.463. The first-order chi connectivity index (χ1) is 7.43. The molecule has 0 bridgehead atoms. The standard InChI is InChI=1S/C14H32GeO2/c1-12(2)17-15(16-9,14(6,7)8)11-10-13(3,4)5/h12H,10-11H2,1-9H3. The second-order valence-corrected chi connectivity index (χ2v) is 16.1. The van der Waals surface area contributed by atoms with Crippen molar-refractivity contribution >= 4 is 13.9 Å². The van der Waals surface area contributed by atoms with Crippen LogP contribution in [0.15, 0.2) is 0 Å². The van der Waals surface area contributed by atoms with Crippen molar-refractivity contribution in [2.45, 2.75) is 77.4 Å². The minimum absolute atomic E-state index is 0.157. The zero-order valence-corrected chi connectivity index (χ0v) is 15.4. The van der Waals surface area contributed by atoms with E-state index in [9.17, 15) is 0 Å². The molecule has 0 spiro atoms. The first kappa shape index (κ1) is 17.5. The van der Waals surface area contributed by atoms with Gasteiger partial charge >= 0.3 is 111 Å². The maximum atomic E-state index is 6.31. The van der Waals surface area contributed by atoms with Crippen molar-refractivity contribution in [1.82, 2.24) is 0 Å². The summed E-state index contributed by atoms with van der Waals surface area (Å²) < 4.78 is 12.4. The molecule has 2 nitrogen and oxygen atoms in total. The molecule has 0 amide bonds. The number of hydrogen-bond acceptors (Lipinski definition) is 2. The van der Waals surface area contributed by atoms with Crippen molar-refractivity contribution < 1.29 is 7.53 Å². The summed E-state index contributed by atoms with van der Waals surface area (Å²) >= 11 is -2.72. The summed E-state index contributed by atoms with van der Waals surface area (Å²) in [6.45, 7) is 17.9. The van der Waals surface area contributed by atoms with Gasteiger partial charge in [0.1, 0.15) is 0 Å². The molecule has 0 aliphatic carbocycles. The molecule has 0 aromatic carbocycles. The van der Waals surface area contributed by atoms with Crippen LogP contribution in [0.2, 0.25) is 9.50 Å². The summed E-state index contributed by atoms with van der Waals surface area (Å²) in [4.78, 5) is 0. The van der Waals surface area contributed by atoms with Crippen LogP contribution in [0, 0.1) is 5.41 Å². The molecule has 104 valence electrons. The molecule has 0 aliphatic heterocycles. The van der Waals surface area contributed by atoms with Gasteiger partial charge in [-0.25, -0.2) is 0 Å². The van der Waals surface area contributed by atoms with Gasteiger partial charge in [-0.05, 0) is 0 Å². The van der Waals surface area contributed by atoms with Crippen LogP contribution in [0.1, 0.15) is 61.8 Å². The minimum atomic E-state index is -2.72. The van der Waals surface area contributed by atoms with Gasteiger partial charge in [-0.2, -0.15) is 0 Å². The Morgan fingerprint density at radius 3 is 1.71 bits per heavy atom. The second-order valence-electron chi connectivity index (χ2n) is 7.43. The quantitative estimate of drug-likeness (QED) is 0.683. The van der Waals surface area contributed by atoms with Crippen molar-refractivity contribution in [3.05, 3.63) is 0 Å². The molecule has 0 rings (SSSR count). The van der Waals surface area contributed by atoms with E-state index >= 15 is 0 Å². The van der Waals surface area contributed by atoms with E-state index in [1.165, 1.54) is 6.42 Å². The normalized spacial score (nSPS) is 17.3. The Labute approximate surface area is 112 Å². The molecule has 0 heterocycles. The van der Waals surface area contributed by atoms with Gasteiger partial charge in [0, 0.05) is 0 Å². The Bertz CT molecular complexity index is 225. The zero-order chi connectivity index (χ0) is 13.9. The van der Waals surface area contributed by atoms with E-state index in [1.54, 1.807) is 0 Å². The van der Waals surface area contributed by atoms with E-state index in [4.69, 9.17) is 7.53 Å². The topological polar surface area (TPSA) is 18.5 Å². The zero-order valence-electron chi connectivity index (χ0n) is 13.3. The first-order valence-electron chi connectivity index (χ1n) is 6.66. The fourth-order valence-corrected chi connectivity index (χ4v) is 10.3. The van der Waals surface area contributed by atoms with Crippen LogP contribution in [0.25, 0.3) is 0 Å². The van der Waals surface area contributed by atoms with Crippen LogP contribution in [-0.4, -0.2) is 27.2 Å². The van der Waals surface area contributed by atoms with Crippen LogP contribution in [0.4, 0.5) is 0 Å². The van der Waals surface area contributed by atoms with Gasteiger partial charge in [-0.15, -0.1) is 0 Å². The van der Waals surface area contributed by atoms with E-state index in [0.717, 1.165) is 5.25 Å². The average Bonchev–Trinajstić information content (AvgIpc) is 2.08. The first-order valence-corrected chi connectivity index (χ1v) is 10.9. The SMILES string of the molecule is C[O][Ge]([CH2]CC(C)(C)C)([O]C(C)C)[C](C)(C)C. The summed E-state index contributed by atoms with van der Waals surface area (Å²) in [5.41, 5.74) is 0.348. The summed E-state index contributed by atoms with van der Waals surface area (Å²) in [5, 5.41) is 1.11. The Morgan fingerprint density at radius 2 is 1.47 bits per heavy atom. The molecule has 17 heavy (non-hydrogen) atoms. The monoisotopic (exact) mass is 306 g/mol. The molecular formula is C14H32GeO2. The molecule has 1 unspecified atom stereocenters. The summed E-state index contributed by atoms with van der Waals surface area (Å²) in [6.07, 6.45) is 1.43. The van der Waals surface area contributed by atoms with Crippen molar-refractivity contribution in [3.8, 4) is 0 Å². The predicted octanol–water partition coefficient (Wildman–Crippen LogP) is 4.74. The Kier molecular flexibility index (Phi) is 6.24. The molecular weight excluding hydrogens is 273 g/mol. The third-order valence-electron chi connectivity index (χ3n) is 3.10. The summed E-state index contributed by atoms with van der Waals surface area (Å²) in [6, 6.07) is 0. The van der Waals surface area contributed by atoms with Crippen molar-refractivity contribution in [2.24, 2.45) is 5.41 Å². The summed E-state index contributed by atoms with van der Waals surface area (Å²) in [7, 11) is 1.84. The number of hydrogen-bond donors (Lipinski definition) is 0. The Balaban J connectivity index is 4.94. The van der Waals surface area contributed by atoms with Gasteiger partial charge in [0.2, 0.25) is 0 Å². The molecule has 0 saturated carbocycles. The van der Waals surface area contributed by atoms with Crippen LogP contribution in [0.3, 0.4) is 0 Å². The maximum absolute atomic E-state index is 6.31. The van der Waals surface area contributed by atoms with Gasteiger partial charge in [0.15, 0.2) is 0 Å². The molecule has 0 N–H and O–H groups in total. The van der Waals surface area contributed by atoms with Gasteiger partial charge in [-0.1, -0.05) is 0 Å². The summed E-state index contributed by atoms with van der Waals surface area (Å²) in [5.74, 6) is 0. The van der Waals surface area contributed by atoms with Crippen molar-refractivity contribution in [3.63, 3.8) is 0 Å². The van der Waals surface area contributed by atoms with Gasteiger partial charge in [-0.3, -0.25) is 0 Å². The van der Waals surface area contributed by atoms with Crippen molar-refractivity contribution in [2.75, 3.05) is 7.11 Å². The van der Waals surface area contributed by atoms with Gasteiger partial charge in [0.05, 0.1) is 0 Å². The third kappa shape index (κ3) is 5.75. The molecule has 0 aromatic rings. The van der Waals surface area contributed by atoms with E-state index in [1.807, 2.05) is 7.11 Å². The van der Waals surface area contributed by atoms with Gasteiger partial charge < -0.3 is 0 Å². The predicted molar refractivity (Wildman–Crippen MR) is 77.6 cm³/mol. The fourth-order valence-electron chi connectivity index (χ4n) is 1.99. The molecule has 1 atom stereocenters. The third-order valence-corrected chi connectivity index (χ3v) is 13.0. The van der Waals surface area contributed by atoms with Crippen LogP contribution in [-0.2, 0) is 7.53 Å². The molecule has 0 saturated heterocycles. The molecule has 0 fully saturated rings.